The summed E-state index contributed by atoms with van der Waals surface area (Å²) in [5.74, 6) is -0.950. The lowest BCUT2D eigenvalue weighted by Crippen LogP contribution is -2.33. The summed E-state index contributed by atoms with van der Waals surface area (Å²) in [5, 5.41) is 12.1. The summed E-state index contributed by atoms with van der Waals surface area (Å²) in [6, 6.07) is 6.90. The second-order valence-corrected chi connectivity index (χ2v) is 7.36. The number of rotatable bonds is 5. The minimum absolute atomic E-state index is 0.00172. The Morgan fingerprint density at radius 2 is 1.96 bits per heavy atom. The highest BCUT2D eigenvalue weighted by Crippen LogP contribution is 2.59. The smallest absolute Gasteiger partial charge is 0.305 e. The van der Waals surface area contributed by atoms with Crippen molar-refractivity contribution in [3.63, 3.8) is 0 Å². The number of hydrogen-bond donors (Lipinski definition) is 2. The van der Waals surface area contributed by atoms with Gasteiger partial charge in [-0.25, -0.2) is 0 Å². The SMILES string of the molecule is O=C(O)CC(NC(=O)C1CC12CCOCC2)c1ccc(Br)cc1. The average molecular weight is 382 g/mol. The van der Waals surface area contributed by atoms with E-state index in [0.717, 1.165) is 42.5 Å². The normalized spacial score (nSPS) is 23.3. The molecule has 1 amide bonds. The van der Waals surface area contributed by atoms with Crippen LogP contribution >= 0.6 is 15.9 Å². The summed E-state index contributed by atoms with van der Waals surface area (Å²) in [5.41, 5.74) is 0.904. The fourth-order valence-electron chi connectivity index (χ4n) is 3.44. The molecule has 2 atom stereocenters. The number of carboxylic acids is 1. The Labute approximate surface area is 143 Å². The number of carbonyl (C=O) groups is 2. The molecule has 6 heteroatoms. The number of carboxylic acid groups (broad SMARTS) is 1. The number of carbonyl (C=O) groups excluding carboxylic acids is 1. The molecule has 2 unspecified atom stereocenters. The Morgan fingerprint density at radius 3 is 2.57 bits per heavy atom. The Bertz CT molecular complexity index is 595. The second-order valence-electron chi connectivity index (χ2n) is 6.44. The van der Waals surface area contributed by atoms with Crippen molar-refractivity contribution in [3.8, 4) is 0 Å². The highest BCUT2D eigenvalue weighted by atomic mass is 79.9. The van der Waals surface area contributed by atoms with Crippen molar-refractivity contribution in [2.45, 2.75) is 31.7 Å². The van der Waals surface area contributed by atoms with E-state index in [1.165, 1.54) is 0 Å². The molecule has 1 saturated carbocycles. The van der Waals surface area contributed by atoms with Gasteiger partial charge in [0.15, 0.2) is 0 Å². The van der Waals surface area contributed by atoms with Crippen LogP contribution in [0.5, 0.6) is 0 Å². The van der Waals surface area contributed by atoms with Gasteiger partial charge in [-0.3, -0.25) is 9.59 Å². The minimum Gasteiger partial charge on any atom is -0.481 e. The number of ether oxygens (including phenoxy) is 1. The Kier molecular flexibility index (Phi) is 4.73. The van der Waals surface area contributed by atoms with Gasteiger partial charge < -0.3 is 15.2 Å². The molecule has 1 aromatic rings. The zero-order valence-electron chi connectivity index (χ0n) is 12.8. The predicted molar refractivity (Wildman–Crippen MR) is 87.9 cm³/mol. The molecule has 2 aliphatic rings. The third-order valence-electron chi connectivity index (χ3n) is 4.96. The molecule has 0 bridgehead atoms. The molecule has 0 aromatic heterocycles. The lowest BCUT2D eigenvalue weighted by atomic mass is 9.93. The highest BCUT2D eigenvalue weighted by molar-refractivity contribution is 9.10. The Hall–Kier alpha value is -1.40. The first-order valence-corrected chi connectivity index (χ1v) is 8.65. The van der Waals surface area contributed by atoms with Gasteiger partial charge in [0, 0.05) is 23.6 Å². The predicted octanol–water partition coefficient (Wildman–Crippen LogP) is 2.90. The van der Waals surface area contributed by atoms with E-state index in [1.54, 1.807) is 0 Å². The zero-order valence-corrected chi connectivity index (χ0v) is 14.3. The van der Waals surface area contributed by atoms with Gasteiger partial charge in [-0.15, -0.1) is 0 Å². The minimum atomic E-state index is -0.921. The maximum absolute atomic E-state index is 12.6. The first kappa shape index (κ1) is 16.5. The highest BCUT2D eigenvalue weighted by Gasteiger charge is 2.58. The molecule has 1 heterocycles. The van der Waals surface area contributed by atoms with Crippen molar-refractivity contribution >= 4 is 27.8 Å². The van der Waals surface area contributed by atoms with Crippen molar-refractivity contribution in [1.29, 1.82) is 0 Å². The molecule has 1 aromatic carbocycles. The van der Waals surface area contributed by atoms with E-state index in [4.69, 9.17) is 9.84 Å². The van der Waals surface area contributed by atoms with Crippen LogP contribution in [-0.4, -0.2) is 30.2 Å². The number of aliphatic carboxylic acids is 1. The number of nitrogens with one attached hydrogen (secondary N) is 1. The molecule has 2 fully saturated rings. The summed E-state index contributed by atoms with van der Waals surface area (Å²) >= 11 is 3.36. The van der Waals surface area contributed by atoms with E-state index >= 15 is 0 Å². The van der Waals surface area contributed by atoms with E-state index in [9.17, 15) is 9.59 Å². The van der Waals surface area contributed by atoms with Gasteiger partial charge >= 0.3 is 5.97 Å². The van der Waals surface area contributed by atoms with E-state index in [-0.39, 0.29) is 23.7 Å². The molecule has 5 nitrogen and oxygen atoms in total. The monoisotopic (exact) mass is 381 g/mol. The van der Waals surface area contributed by atoms with Crippen molar-refractivity contribution < 1.29 is 19.4 Å². The van der Waals surface area contributed by atoms with Crippen molar-refractivity contribution in [2.24, 2.45) is 11.3 Å². The maximum atomic E-state index is 12.6. The number of amides is 1. The summed E-state index contributed by atoms with van der Waals surface area (Å²) in [7, 11) is 0. The van der Waals surface area contributed by atoms with Crippen molar-refractivity contribution in [2.75, 3.05) is 13.2 Å². The van der Waals surface area contributed by atoms with Gasteiger partial charge in [0.25, 0.3) is 0 Å². The zero-order chi connectivity index (χ0) is 16.4. The van der Waals surface area contributed by atoms with Gasteiger partial charge in [-0.2, -0.15) is 0 Å². The van der Waals surface area contributed by atoms with Crippen LogP contribution in [-0.2, 0) is 14.3 Å². The summed E-state index contributed by atoms with van der Waals surface area (Å²) < 4.78 is 6.29. The number of halogens is 1. The molecule has 1 aliphatic heterocycles. The molecular weight excluding hydrogens is 362 g/mol. The van der Waals surface area contributed by atoms with Gasteiger partial charge in [0.05, 0.1) is 12.5 Å². The molecular formula is C17H20BrNO4. The number of benzene rings is 1. The summed E-state index contributed by atoms with van der Waals surface area (Å²) in [4.78, 5) is 23.7. The molecule has 1 spiro atoms. The second kappa shape index (κ2) is 6.61. The lowest BCUT2D eigenvalue weighted by molar-refractivity contribution is -0.137. The third-order valence-corrected chi connectivity index (χ3v) is 5.49. The first-order valence-electron chi connectivity index (χ1n) is 7.85. The van der Waals surface area contributed by atoms with E-state index < -0.39 is 12.0 Å². The van der Waals surface area contributed by atoms with E-state index in [2.05, 4.69) is 21.2 Å². The summed E-state index contributed by atoms with van der Waals surface area (Å²) in [6.07, 6.45) is 2.62. The van der Waals surface area contributed by atoms with E-state index in [0.29, 0.717) is 0 Å². The van der Waals surface area contributed by atoms with Gasteiger partial charge in [-0.05, 0) is 42.4 Å². The van der Waals surface area contributed by atoms with Crippen LogP contribution in [0.15, 0.2) is 28.7 Å². The van der Waals surface area contributed by atoms with Crippen LogP contribution in [0.3, 0.4) is 0 Å². The van der Waals surface area contributed by atoms with Crippen molar-refractivity contribution in [3.05, 3.63) is 34.3 Å². The fraction of sp³-hybridized carbons (Fsp3) is 0.529. The largest absolute Gasteiger partial charge is 0.481 e. The van der Waals surface area contributed by atoms with E-state index in [1.807, 2.05) is 24.3 Å². The molecule has 1 saturated heterocycles. The number of hydrogen-bond acceptors (Lipinski definition) is 3. The van der Waals surface area contributed by atoms with Gasteiger partial charge in [-0.1, -0.05) is 28.1 Å². The van der Waals surface area contributed by atoms with Crippen LogP contribution in [0.4, 0.5) is 0 Å². The molecule has 3 rings (SSSR count). The molecule has 2 N–H and O–H groups in total. The van der Waals surface area contributed by atoms with Crippen molar-refractivity contribution in [1.82, 2.24) is 5.32 Å². The van der Waals surface area contributed by atoms with Crippen LogP contribution in [0, 0.1) is 11.3 Å². The van der Waals surface area contributed by atoms with Crippen LogP contribution in [0.2, 0.25) is 0 Å². The van der Waals surface area contributed by atoms with Gasteiger partial charge in [0.2, 0.25) is 5.91 Å². The topological polar surface area (TPSA) is 75.6 Å². The van der Waals surface area contributed by atoms with Crippen LogP contribution in [0.25, 0.3) is 0 Å². The lowest BCUT2D eigenvalue weighted by Gasteiger charge is -2.23. The molecule has 1 aliphatic carbocycles. The quantitative estimate of drug-likeness (QED) is 0.821. The molecule has 23 heavy (non-hydrogen) atoms. The maximum Gasteiger partial charge on any atom is 0.305 e. The molecule has 124 valence electrons. The molecule has 0 radical (unpaired) electrons. The summed E-state index contributed by atoms with van der Waals surface area (Å²) in [6.45, 7) is 1.43. The van der Waals surface area contributed by atoms with Crippen LogP contribution in [0.1, 0.15) is 37.3 Å². The average Bonchev–Trinajstić information content (AvgIpc) is 3.21. The standard InChI is InChI=1S/C17H20BrNO4/c18-12-3-1-11(2-4-12)14(9-15(20)21)19-16(22)13-10-17(13)5-7-23-8-6-17/h1-4,13-14H,5-10H2,(H,19,22)(H,20,21). The Balaban J connectivity index is 1.67. The third kappa shape index (κ3) is 3.75. The fourth-order valence-corrected chi connectivity index (χ4v) is 3.71. The van der Waals surface area contributed by atoms with Crippen LogP contribution < -0.4 is 5.32 Å². The Morgan fingerprint density at radius 1 is 1.30 bits per heavy atom. The first-order chi connectivity index (χ1) is 11.0. The van der Waals surface area contributed by atoms with Gasteiger partial charge in [0.1, 0.15) is 0 Å².